The summed E-state index contributed by atoms with van der Waals surface area (Å²) in [6.07, 6.45) is 4.29. The zero-order valence-corrected chi connectivity index (χ0v) is 14.4. The van der Waals surface area contributed by atoms with E-state index in [4.69, 9.17) is 16.3 Å². The number of hydrogen-bond acceptors (Lipinski definition) is 6. The molecule has 0 aliphatic carbocycles. The van der Waals surface area contributed by atoms with Gasteiger partial charge in [-0.15, -0.1) is 0 Å². The van der Waals surface area contributed by atoms with E-state index in [1.165, 1.54) is 16.8 Å². The second-order valence-electron chi connectivity index (χ2n) is 5.52. The molecular weight excluding hydrogens is 334 g/mol. The van der Waals surface area contributed by atoms with Gasteiger partial charge in [0, 0.05) is 6.54 Å². The molecular formula is C16H20ClN3O2S. The minimum absolute atomic E-state index is 0.0638. The molecule has 0 aromatic heterocycles. The van der Waals surface area contributed by atoms with Crippen LogP contribution in [0.4, 0.5) is 0 Å². The van der Waals surface area contributed by atoms with Gasteiger partial charge in [-0.3, -0.25) is 5.32 Å². The Hall–Kier alpha value is -1.05. The second kappa shape index (κ2) is 7.68. The standard InChI is InChI=1S/C16H20ClN3O2S/c1-23-15-8-14(17)20(21)13(7-11-5-3-2-4-6-11)12-9-18-10-19-16(12)22-15/h2-6,8,12-14,18,21H,7,9-10H2,1H3. The molecule has 1 aromatic carbocycles. The number of hydrogen-bond donors (Lipinski definition) is 2. The fourth-order valence-electron chi connectivity index (χ4n) is 2.86. The van der Waals surface area contributed by atoms with Gasteiger partial charge < -0.3 is 9.94 Å². The van der Waals surface area contributed by atoms with Crippen LogP contribution in [-0.2, 0) is 11.2 Å². The monoisotopic (exact) mass is 353 g/mol. The molecule has 7 heteroatoms. The predicted octanol–water partition coefficient (Wildman–Crippen LogP) is 2.66. The molecule has 0 saturated heterocycles. The van der Waals surface area contributed by atoms with Crippen LogP contribution in [0.15, 0.2) is 46.5 Å². The quantitative estimate of drug-likeness (QED) is 0.646. The van der Waals surface area contributed by atoms with Crippen molar-refractivity contribution in [2.75, 3.05) is 19.5 Å². The number of ether oxygens (including phenoxy) is 1. The lowest BCUT2D eigenvalue weighted by atomic mass is 9.91. The Kier molecular flexibility index (Phi) is 5.61. The number of alkyl halides is 1. The fourth-order valence-corrected chi connectivity index (χ4v) is 3.63. The molecule has 2 heterocycles. The SMILES string of the molecule is CSC1=CC(Cl)N(O)C(Cc2ccccc2)C2CNCN=C2O1. The molecule has 0 bridgehead atoms. The van der Waals surface area contributed by atoms with Crippen LogP contribution in [0.25, 0.3) is 0 Å². The lowest BCUT2D eigenvalue weighted by Gasteiger charge is -2.38. The number of halogens is 1. The first kappa shape index (κ1) is 16.8. The molecule has 0 saturated carbocycles. The van der Waals surface area contributed by atoms with E-state index < -0.39 is 5.50 Å². The normalized spacial score (nSPS) is 28.7. The highest BCUT2D eigenvalue weighted by molar-refractivity contribution is 8.02. The van der Waals surface area contributed by atoms with Gasteiger partial charge in [-0.1, -0.05) is 53.7 Å². The van der Waals surface area contributed by atoms with Gasteiger partial charge in [-0.05, 0) is 24.3 Å². The average Bonchev–Trinajstić information content (AvgIpc) is 2.59. The third kappa shape index (κ3) is 3.89. The van der Waals surface area contributed by atoms with Crippen molar-refractivity contribution in [1.29, 1.82) is 0 Å². The van der Waals surface area contributed by atoms with Crippen LogP contribution in [0.5, 0.6) is 0 Å². The molecule has 2 aliphatic heterocycles. The minimum Gasteiger partial charge on any atom is -0.436 e. The number of nitrogens with zero attached hydrogens (tertiary/aromatic N) is 2. The topological polar surface area (TPSA) is 57.1 Å². The lowest BCUT2D eigenvalue weighted by molar-refractivity contribution is -0.139. The van der Waals surface area contributed by atoms with Crippen molar-refractivity contribution in [1.82, 2.24) is 10.4 Å². The second-order valence-corrected chi connectivity index (χ2v) is 6.77. The molecule has 0 amide bonds. The molecule has 0 fully saturated rings. The number of aliphatic imine (C=N–C) groups is 1. The van der Waals surface area contributed by atoms with E-state index in [0.717, 1.165) is 5.56 Å². The summed E-state index contributed by atoms with van der Waals surface area (Å²) >= 11 is 7.81. The lowest BCUT2D eigenvalue weighted by Crippen LogP contribution is -2.52. The summed E-state index contributed by atoms with van der Waals surface area (Å²) in [5.41, 5.74) is 0.495. The maximum absolute atomic E-state index is 10.7. The van der Waals surface area contributed by atoms with Gasteiger partial charge in [-0.25, -0.2) is 4.99 Å². The zero-order chi connectivity index (χ0) is 16.2. The van der Waals surface area contributed by atoms with Crippen molar-refractivity contribution in [2.45, 2.75) is 18.0 Å². The van der Waals surface area contributed by atoms with Crippen molar-refractivity contribution in [2.24, 2.45) is 10.9 Å². The van der Waals surface area contributed by atoms with Crippen molar-refractivity contribution in [3.63, 3.8) is 0 Å². The first-order valence-electron chi connectivity index (χ1n) is 7.53. The first-order chi connectivity index (χ1) is 11.2. The number of fused-ring (bicyclic) bond motifs is 1. The van der Waals surface area contributed by atoms with E-state index in [2.05, 4.69) is 10.3 Å². The van der Waals surface area contributed by atoms with Gasteiger partial charge in [0.25, 0.3) is 0 Å². The van der Waals surface area contributed by atoms with Gasteiger partial charge >= 0.3 is 0 Å². The number of benzene rings is 1. The van der Waals surface area contributed by atoms with Crippen molar-refractivity contribution >= 4 is 29.3 Å². The summed E-state index contributed by atoms with van der Waals surface area (Å²) in [6, 6.07) is 9.85. The Morgan fingerprint density at radius 2 is 2.22 bits per heavy atom. The molecule has 3 atom stereocenters. The Labute approximate surface area is 145 Å². The maximum atomic E-state index is 10.7. The number of rotatable bonds is 3. The van der Waals surface area contributed by atoms with Crippen LogP contribution in [0.3, 0.4) is 0 Å². The molecule has 5 nitrogen and oxygen atoms in total. The van der Waals surface area contributed by atoms with E-state index in [1.54, 1.807) is 6.08 Å². The highest BCUT2D eigenvalue weighted by Crippen LogP contribution is 2.29. The molecule has 0 radical (unpaired) electrons. The molecule has 2 N–H and O–H groups in total. The summed E-state index contributed by atoms with van der Waals surface area (Å²) in [7, 11) is 0. The van der Waals surface area contributed by atoms with Crippen LogP contribution in [0.1, 0.15) is 5.56 Å². The summed E-state index contributed by atoms with van der Waals surface area (Å²) in [5, 5.41) is 15.8. The third-order valence-corrected chi connectivity index (χ3v) is 5.00. The Bertz CT molecular complexity index is 596. The van der Waals surface area contributed by atoms with Crippen LogP contribution in [0.2, 0.25) is 0 Å². The van der Waals surface area contributed by atoms with E-state index in [-0.39, 0.29) is 12.0 Å². The van der Waals surface area contributed by atoms with Gasteiger partial charge in [0.05, 0.1) is 18.6 Å². The molecule has 0 spiro atoms. The largest absolute Gasteiger partial charge is 0.436 e. The Balaban J connectivity index is 1.93. The van der Waals surface area contributed by atoms with Crippen LogP contribution in [-0.4, -0.2) is 47.2 Å². The van der Waals surface area contributed by atoms with Gasteiger partial charge in [0.1, 0.15) is 5.50 Å². The minimum atomic E-state index is -0.644. The summed E-state index contributed by atoms with van der Waals surface area (Å²) in [5.74, 6) is 0.596. The van der Waals surface area contributed by atoms with E-state index >= 15 is 0 Å². The van der Waals surface area contributed by atoms with Gasteiger partial charge in [-0.2, -0.15) is 5.06 Å². The Morgan fingerprint density at radius 1 is 1.43 bits per heavy atom. The molecule has 23 heavy (non-hydrogen) atoms. The fraction of sp³-hybridized carbons (Fsp3) is 0.438. The van der Waals surface area contributed by atoms with E-state index in [0.29, 0.717) is 30.6 Å². The summed E-state index contributed by atoms with van der Waals surface area (Å²) < 4.78 is 5.94. The smallest absolute Gasteiger partial charge is 0.198 e. The van der Waals surface area contributed by atoms with Crippen molar-refractivity contribution in [3.8, 4) is 0 Å². The number of nitrogens with one attached hydrogen (secondary N) is 1. The highest BCUT2D eigenvalue weighted by Gasteiger charge is 2.38. The molecule has 3 rings (SSSR count). The Morgan fingerprint density at radius 3 is 2.96 bits per heavy atom. The van der Waals surface area contributed by atoms with Crippen molar-refractivity contribution < 1.29 is 9.94 Å². The predicted molar refractivity (Wildman–Crippen MR) is 93.7 cm³/mol. The van der Waals surface area contributed by atoms with Gasteiger partial charge in [0.15, 0.2) is 11.0 Å². The summed E-state index contributed by atoms with van der Waals surface area (Å²) in [6.45, 7) is 1.22. The number of thioether (sulfide) groups is 1. The van der Waals surface area contributed by atoms with E-state index in [9.17, 15) is 5.21 Å². The first-order valence-corrected chi connectivity index (χ1v) is 9.19. The maximum Gasteiger partial charge on any atom is 0.198 e. The van der Waals surface area contributed by atoms with Crippen molar-refractivity contribution in [3.05, 3.63) is 47.1 Å². The average molecular weight is 354 g/mol. The summed E-state index contributed by atoms with van der Waals surface area (Å²) in [4.78, 5) is 4.45. The highest BCUT2D eigenvalue weighted by atomic mass is 35.5. The van der Waals surface area contributed by atoms with Crippen LogP contribution >= 0.6 is 23.4 Å². The third-order valence-electron chi connectivity index (χ3n) is 4.05. The molecule has 1 aromatic rings. The van der Waals surface area contributed by atoms with E-state index in [1.807, 2.05) is 36.6 Å². The van der Waals surface area contributed by atoms with Crippen LogP contribution < -0.4 is 5.32 Å². The molecule has 3 unspecified atom stereocenters. The molecule has 124 valence electrons. The van der Waals surface area contributed by atoms with Gasteiger partial charge in [0.2, 0.25) is 0 Å². The molecule has 2 aliphatic rings. The van der Waals surface area contributed by atoms with Crippen LogP contribution in [0, 0.1) is 5.92 Å². The number of hydroxylamine groups is 2. The zero-order valence-electron chi connectivity index (χ0n) is 12.9.